The third kappa shape index (κ3) is 3.09. The van der Waals surface area contributed by atoms with E-state index in [2.05, 4.69) is 0 Å². The molecule has 1 aliphatic rings. The highest BCUT2D eigenvalue weighted by atomic mass is 35.5. The van der Waals surface area contributed by atoms with Crippen molar-refractivity contribution in [1.82, 2.24) is 4.90 Å². The highest BCUT2D eigenvalue weighted by molar-refractivity contribution is 8.04. The van der Waals surface area contributed by atoms with E-state index in [1.165, 1.54) is 40.9 Å². The van der Waals surface area contributed by atoms with Crippen LogP contribution in [0.1, 0.15) is 12.5 Å². The van der Waals surface area contributed by atoms with Crippen LogP contribution in [0.5, 0.6) is 0 Å². The van der Waals surface area contributed by atoms with Crippen LogP contribution in [-0.4, -0.2) is 23.3 Å². The lowest BCUT2D eigenvalue weighted by molar-refractivity contribution is -0.136. The standard InChI is InChI=1S/C18H13ClFNO2S/c1-2-21-17(22)15(11-3-7-13(20)8-4-11)16(18(21)23)24-14-9-5-12(19)6-10-14/h3-10H,2H2,1H3. The molecular formula is C18H13ClFNO2S. The molecule has 0 unspecified atom stereocenters. The molecule has 0 bridgehead atoms. The fraction of sp³-hybridized carbons (Fsp3) is 0.111. The summed E-state index contributed by atoms with van der Waals surface area (Å²) in [6.07, 6.45) is 0. The molecule has 0 saturated heterocycles. The molecule has 0 N–H and O–H groups in total. The van der Waals surface area contributed by atoms with Gasteiger partial charge < -0.3 is 0 Å². The van der Waals surface area contributed by atoms with Gasteiger partial charge in [0.05, 0.1) is 10.5 Å². The zero-order chi connectivity index (χ0) is 17.3. The number of carbonyl (C=O) groups excluding carboxylic acids is 2. The smallest absolute Gasteiger partial charge is 0.268 e. The summed E-state index contributed by atoms with van der Waals surface area (Å²) in [6, 6.07) is 12.6. The monoisotopic (exact) mass is 361 g/mol. The van der Waals surface area contributed by atoms with Crippen LogP contribution in [0.15, 0.2) is 58.3 Å². The number of benzene rings is 2. The lowest BCUT2D eigenvalue weighted by Gasteiger charge is -2.11. The van der Waals surface area contributed by atoms with Gasteiger partial charge in [-0.15, -0.1) is 0 Å². The Labute approximate surface area is 148 Å². The summed E-state index contributed by atoms with van der Waals surface area (Å²) in [4.78, 5) is 27.5. The second kappa shape index (κ2) is 6.79. The van der Waals surface area contributed by atoms with Crippen LogP contribution in [0.2, 0.25) is 5.02 Å². The summed E-state index contributed by atoms with van der Waals surface area (Å²) in [5.74, 6) is -1.08. The fourth-order valence-corrected chi connectivity index (χ4v) is 3.57. The number of nitrogens with zero attached hydrogens (tertiary/aromatic N) is 1. The Balaban J connectivity index is 2.07. The van der Waals surface area contributed by atoms with E-state index in [1.807, 2.05) is 0 Å². The molecule has 0 fully saturated rings. The lowest BCUT2D eigenvalue weighted by Crippen LogP contribution is -2.31. The van der Waals surface area contributed by atoms with Gasteiger partial charge in [-0.1, -0.05) is 35.5 Å². The van der Waals surface area contributed by atoms with Crippen molar-refractivity contribution in [3.05, 3.63) is 69.8 Å². The molecule has 0 aliphatic carbocycles. The van der Waals surface area contributed by atoms with E-state index in [1.54, 1.807) is 31.2 Å². The predicted octanol–water partition coefficient (Wildman–Crippen LogP) is 4.37. The van der Waals surface area contributed by atoms with E-state index in [4.69, 9.17) is 11.6 Å². The van der Waals surface area contributed by atoms with E-state index < -0.39 is 5.82 Å². The maximum Gasteiger partial charge on any atom is 0.268 e. The van der Waals surface area contributed by atoms with Gasteiger partial charge in [0.15, 0.2) is 0 Å². The average Bonchev–Trinajstić information content (AvgIpc) is 2.81. The van der Waals surface area contributed by atoms with Crippen LogP contribution in [0.4, 0.5) is 4.39 Å². The molecule has 0 atom stereocenters. The molecule has 2 aromatic rings. The molecule has 6 heteroatoms. The molecule has 1 heterocycles. The summed E-state index contributed by atoms with van der Waals surface area (Å²) >= 11 is 7.09. The van der Waals surface area contributed by atoms with Crippen molar-refractivity contribution in [2.24, 2.45) is 0 Å². The van der Waals surface area contributed by atoms with Crippen LogP contribution in [0, 0.1) is 5.82 Å². The SMILES string of the molecule is CCN1C(=O)C(Sc2ccc(Cl)cc2)=C(c2ccc(F)cc2)C1=O. The van der Waals surface area contributed by atoms with Gasteiger partial charge in [-0.3, -0.25) is 14.5 Å². The molecule has 0 aromatic heterocycles. The Kier molecular flexibility index (Phi) is 4.73. The van der Waals surface area contributed by atoms with E-state index in [9.17, 15) is 14.0 Å². The van der Waals surface area contributed by atoms with Gasteiger partial charge in [0, 0.05) is 16.5 Å². The van der Waals surface area contributed by atoms with Crippen LogP contribution in [0.25, 0.3) is 5.57 Å². The Hall–Kier alpha value is -2.11. The summed E-state index contributed by atoms with van der Waals surface area (Å²) in [7, 11) is 0. The third-order valence-corrected chi connectivity index (χ3v) is 4.95. The van der Waals surface area contributed by atoms with Gasteiger partial charge in [0.1, 0.15) is 5.82 Å². The minimum absolute atomic E-state index is 0.285. The normalized spacial score (nSPS) is 14.7. The molecule has 2 amide bonds. The second-order valence-electron chi connectivity index (χ2n) is 5.12. The summed E-state index contributed by atoms with van der Waals surface area (Å²) in [5, 5.41) is 0.594. The third-order valence-electron chi connectivity index (χ3n) is 3.61. The number of imide groups is 1. The molecule has 2 aromatic carbocycles. The maximum absolute atomic E-state index is 13.2. The van der Waals surface area contributed by atoms with Crippen molar-refractivity contribution in [2.75, 3.05) is 6.54 Å². The van der Waals surface area contributed by atoms with Crippen molar-refractivity contribution >= 4 is 40.8 Å². The van der Waals surface area contributed by atoms with Gasteiger partial charge >= 0.3 is 0 Å². The first kappa shape index (κ1) is 16.7. The van der Waals surface area contributed by atoms with E-state index in [-0.39, 0.29) is 18.4 Å². The van der Waals surface area contributed by atoms with Crippen molar-refractivity contribution in [1.29, 1.82) is 0 Å². The lowest BCUT2D eigenvalue weighted by atomic mass is 10.1. The molecule has 122 valence electrons. The Morgan fingerprint density at radius 1 is 1.00 bits per heavy atom. The highest BCUT2D eigenvalue weighted by Gasteiger charge is 2.38. The van der Waals surface area contributed by atoms with Crippen molar-refractivity contribution in [3.63, 3.8) is 0 Å². The minimum atomic E-state index is -0.393. The van der Waals surface area contributed by atoms with Crippen molar-refractivity contribution in [3.8, 4) is 0 Å². The van der Waals surface area contributed by atoms with Crippen LogP contribution in [-0.2, 0) is 9.59 Å². The Morgan fingerprint density at radius 2 is 1.62 bits per heavy atom. The van der Waals surface area contributed by atoms with Crippen LogP contribution in [0.3, 0.4) is 0 Å². The van der Waals surface area contributed by atoms with Crippen LogP contribution < -0.4 is 0 Å². The summed E-state index contributed by atoms with van der Waals surface area (Å²) < 4.78 is 13.2. The van der Waals surface area contributed by atoms with Gasteiger partial charge in [0.2, 0.25) is 0 Å². The Bertz CT molecular complexity index is 831. The number of hydrogen-bond donors (Lipinski definition) is 0. The molecule has 3 nitrogen and oxygen atoms in total. The number of rotatable bonds is 4. The minimum Gasteiger partial charge on any atom is -0.274 e. The summed E-state index contributed by atoms with van der Waals surface area (Å²) in [5.41, 5.74) is 0.837. The summed E-state index contributed by atoms with van der Waals surface area (Å²) in [6.45, 7) is 2.03. The zero-order valence-corrected chi connectivity index (χ0v) is 14.3. The number of halogens is 2. The number of carbonyl (C=O) groups is 2. The quantitative estimate of drug-likeness (QED) is 0.759. The number of amides is 2. The molecule has 0 saturated carbocycles. The van der Waals surface area contributed by atoms with Crippen LogP contribution >= 0.6 is 23.4 Å². The number of hydrogen-bond acceptors (Lipinski definition) is 3. The molecule has 3 rings (SSSR count). The molecule has 0 radical (unpaired) electrons. The van der Waals surface area contributed by atoms with E-state index >= 15 is 0 Å². The zero-order valence-electron chi connectivity index (χ0n) is 12.8. The number of thioether (sulfide) groups is 1. The molecular weight excluding hydrogens is 349 g/mol. The van der Waals surface area contributed by atoms with Gasteiger partial charge in [-0.25, -0.2) is 4.39 Å². The van der Waals surface area contributed by atoms with E-state index in [0.717, 1.165) is 4.90 Å². The molecule has 0 spiro atoms. The number of likely N-dealkylation sites (N-methyl/N-ethyl adjacent to an activating group) is 1. The van der Waals surface area contributed by atoms with E-state index in [0.29, 0.717) is 21.1 Å². The first-order valence-corrected chi connectivity index (χ1v) is 8.50. The fourth-order valence-electron chi connectivity index (χ4n) is 2.43. The van der Waals surface area contributed by atoms with Crippen molar-refractivity contribution in [2.45, 2.75) is 11.8 Å². The molecule has 24 heavy (non-hydrogen) atoms. The first-order valence-electron chi connectivity index (χ1n) is 7.31. The average molecular weight is 362 g/mol. The second-order valence-corrected chi connectivity index (χ2v) is 6.64. The van der Waals surface area contributed by atoms with Gasteiger partial charge in [-0.2, -0.15) is 0 Å². The van der Waals surface area contributed by atoms with Gasteiger partial charge in [0.25, 0.3) is 11.8 Å². The first-order chi connectivity index (χ1) is 11.5. The highest BCUT2D eigenvalue weighted by Crippen LogP contribution is 2.39. The largest absolute Gasteiger partial charge is 0.274 e. The Morgan fingerprint density at radius 3 is 2.21 bits per heavy atom. The molecule has 1 aliphatic heterocycles. The van der Waals surface area contributed by atoms with Crippen molar-refractivity contribution < 1.29 is 14.0 Å². The predicted molar refractivity (Wildman–Crippen MR) is 93.0 cm³/mol. The van der Waals surface area contributed by atoms with Gasteiger partial charge in [-0.05, 0) is 48.9 Å². The topological polar surface area (TPSA) is 37.4 Å². The maximum atomic E-state index is 13.2.